The number of aliphatic imine (C=N–C) groups is 1. The largest absolute Gasteiger partial charge is 0.490 e. The summed E-state index contributed by atoms with van der Waals surface area (Å²) >= 11 is 4.87. The molecular formula is C29H27BrN2O5S. The van der Waals surface area contributed by atoms with Crippen molar-refractivity contribution in [2.45, 2.75) is 20.5 Å². The van der Waals surface area contributed by atoms with Gasteiger partial charge >= 0.3 is 5.97 Å². The highest BCUT2D eigenvalue weighted by Crippen LogP contribution is 2.40. The van der Waals surface area contributed by atoms with Crippen LogP contribution in [0.25, 0.3) is 6.08 Å². The Hall–Kier alpha value is -3.56. The fraction of sp³-hybridized carbons (Fsp3) is 0.207. The highest BCUT2D eigenvalue weighted by Gasteiger charge is 2.30. The molecular weight excluding hydrogens is 568 g/mol. The lowest BCUT2D eigenvalue weighted by atomic mass is 10.1. The molecule has 0 radical (unpaired) electrons. The first-order chi connectivity index (χ1) is 18.3. The number of nitrogens with zero attached hydrogens (tertiary/aromatic N) is 2. The Morgan fingerprint density at radius 2 is 1.87 bits per heavy atom. The molecule has 3 aromatic carbocycles. The number of rotatable bonds is 8. The van der Waals surface area contributed by atoms with Gasteiger partial charge in [-0.1, -0.05) is 35.9 Å². The minimum Gasteiger partial charge on any atom is -0.490 e. The second-order valence-electron chi connectivity index (χ2n) is 8.45. The molecule has 1 saturated heterocycles. The fourth-order valence-corrected chi connectivity index (χ4v) is 5.21. The average molecular weight is 596 g/mol. The molecule has 1 fully saturated rings. The Bertz CT molecular complexity index is 1420. The molecule has 0 atom stereocenters. The zero-order chi connectivity index (χ0) is 27.2. The van der Waals surface area contributed by atoms with Crippen LogP contribution in [0.4, 0.5) is 5.69 Å². The summed E-state index contributed by atoms with van der Waals surface area (Å²) in [6.45, 7) is 4.82. The summed E-state index contributed by atoms with van der Waals surface area (Å²) in [5.41, 5.74) is 3.96. The van der Waals surface area contributed by atoms with Gasteiger partial charge in [-0.25, -0.2) is 9.79 Å². The molecule has 1 amide bonds. The number of ether oxygens (including phenoxy) is 3. The summed E-state index contributed by atoms with van der Waals surface area (Å²) < 4.78 is 17.5. The third-order valence-corrected chi connectivity index (χ3v) is 7.28. The van der Waals surface area contributed by atoms with Crippen molar-refractivity contribution >= 4 is 56.5 Å². The van der Waals surface area contributed by atoms with Crippen molar-refractivity contribution in [1.29, 1.82) is 0 Å². The number of methoxy groups -OCH3 is 1. The number of likely N-dealkylation sites (N-methyl/N-ethyl adjacent to an activating group) is 1. The molecule has 0 aromatic heterocycles. The summed E-state index contributed by atoms with van der Waals surface area (Å²) in [5, 5.41) is 0.505. The van der Waals surface area contributed by atoms with E-state index in [1.54, 1.807) is 37.4 Å². The van der Waals surface area contributed by atoms with Crippen molar-refractivity contribution in [3.8, 4) is 11.5 Å². The fourth-order valence-electron chi connectivity index (χ4n) is 3.65. The van der Waals surface area contributed by atoms with Crippen molar-refractivity contribution in [2.24, 2.45) is 4.99 Å². The molecule has 0 spiro atoms. The van der Waals surface area contributed by atoms with E-state index in [2.05, 4.69) is 20.9 Å². The lowest BCUT2D eigenvalue weighted by molar-refractivity contribution is -0.121. The standard InChI is InChI=1S/C29H27BrN2O5S/c1-5-36-24-14-20(13-23(30)26(24)37-17-19-11-9-18(2)10-12-19)15-25-27(33)32(3)29(38-25)31-22-8-6-7-21(16-22)28(34)35-4/h6-16H,5,17H2,1-4H3. The predicted octanol–water partition coefficient (Wildman–Crippen LogP) is 6.76. The second-order valence-corrected chi connectivity index (χ2v) is 10.3. The van der Waals surface area contributed by atoms with Gasteiger partial charge in [-0.3, -0.25) is 9.69 Å². The van der Waals surface area contributed by atoms with E-state index in [0.717, 1.165) is 15.6 Å². The van der Waals surface area contributed by atoms with Crippen LogP contribution in [0.15, 0.2) is 75.0 Å². The number of amides is 1. The number of carbonyl (C=O) groups excluding carboxylic acids is 2. The topological polar surface area (TPSA) is 77.4 Å². The van der Waals surface area contributed by atoms with Crippen LogP contribution in [0.1, 0.15) is 34.0 Å². The van der Waals surface area contributed by atoms with E-state index < -0.39 is 5.97 Å². The van der Waals surface area contributed by atoms with Crippen LogP contribution in [-0.4, -0.2) is 42.7 Å². The Balaban J connectivity index is 1.58. The van der Waals surface area contributed by atoms with Gasteiger partial charge in [0, 0.05) is 7.05 Å². The smallest absolute Gasteiger partial charge is 0.337 e. The number of thioether (sulfide) groups is 1. The molecule has 1 aliphatic rings. The van der Waals surface area contributed by atoms with Gasteiger partial charge in [0.2, 0.25) is 0 Å². The van der Waals surface area contributed by atoms with Crippen LogP contribution in [0.3, 0.4) is 0 Å². The number of halogens is 1. The van der Waals surface area contributed by atoms with E-state index in [1.807, 2.05) is 50.2 Å². The summed E-state index contributed by atoms with van der Waals surface area (Å²) in [6.07, 6.45) is 1.80. The molecule has 0 N–H and O–H groups in total. The summed E-state index contributed by atoms with van der Waals surface area (Å²) in [4.78, 5) is 31.4. The normalized spacial score (nSPS) is 15.3. The van der Waals surface area contributed by atoms with Gasteiger partial charge in [-0.15, -0.1) is 0 Å². The maximum atomic E-state index is 13.0. The van der Waals surface area contributed by atoms with Gasteiger partial charge < -0.3 is 14.2 Å². The molecule has 1 heterocycles. The van der Waals surface area contributed by atoms with Gasteiger partial charge in [-0.05, 0) is 89.1 Å². The Morgan fingerprint density at radius 3 is 2.58 bits per heavy atom. The van der Waals surface area contributed by atoms with Crippen LogP contribution in [0.2, 0.25) is 0 Å². The molecule has 0 saturated carbocycles. The van der Waals surface area contributed by atoms with Gasteiger partial charge in [0.05, 0.1) is 34.3 Å². The molecule has 38 heavy (non-hydrogen) atoms. The SMILES string of the molecule is CCOc1cc(C=C2SC(=Nc3cccc(C(=O)OC)c3)N(C)C2=O)cc(Br)c1OCc1ccc(C)cc1. The molecule has 0 bridgehead atoms. The predicted molar refractivity (Wildman–Crippen MR) is 154 cm³/mol. The van der Waals surface area contributed by atoms with E-state index in [-0.39, 0.29) is 5.91 Å². The maximum Gasteiger partial charge on any atom is 0.337 e. The van der Waals surface area contributed by atoms with E-state index in [9.17, 15) is 9.59 Å². The van der Waals surface area contributed by atoms with E-state index in [1.165, 1.54) is 29.3 Å². The van der Waals surface area contributed by atoms with Crippen molar-refractivity contribution < 1.29 is 23.8 Å². The average Bonchev–Trinajstić information content (AvgIpc) is 3.16. The first-order valence-electron chi connectivity index (χ1n) is 11.9. The summed E-state index contributed by atoms with van der Waals surface area (Å²) in [6, 6.07) is 18.7. The third kappa shape index (κ3) is 6.46. The molecule has 196 valence electrons. The van der Waals surface area contributed by atoms with E-state index >= 15 is 0 Å². The van der Waals surface area contributed by atoms with Crippen LogP contribution < -0.4 is 9.47 Å². The summed E-state index contributed by atoms with van der Waals surface area (Å²) in [7, 11) is 3.00. The number of hydrogen-bond acceptors (Lipinski definition) is 7. The molecule has 0 unspecified atom stereocenters. The number of amidine groups is 1. The maximum absolute atomic E-state index is 13.0. The van der Waals surface area contributed by atoms with Crippen LogP contribution in [0, 0.1) is 6.92 Å². The van der Waals surface area contributed by atoms with Crippen molar-refractivity contribution in [3.63, 3.8) is 0 Å². The zero-order valence-electron chi connectivity index (χ0n) is 21.5. The van der Waals surface area contributed by atoms with Crippen LogP contribution >= 0.6 is 27.7 Å². The highest BCUT2D eigenvalue weighted by atomic mass is 79.9. The highest BCUT2D eigenvalue weighted by molar-refractivity contribution is 9.10. The van der Waals surface area contributed by atoms with Crippen molar-refractivity contribution in [2.75, 3.05) is 20.8 Å². The third-order valence-electron chi connectivity index (χ3n) is 5.63. The minimum absolute atomic E-state index is 0.174. The zero-order valence-corrected chi connectivity index (χ0v) is 23.9. The minimum atomic E-state index is -0.446. The molecule has 1 aliphatic heterocycles. The van der Waals surface area contributed by atoms with Crippen LogP contribution in [-0.2, 0) is 16.1 Å². The second kappa shape index (κ2) is 12.3. The van der Waals surface area contributed by atoms with Gasteiger partial charge in [0.1, 0.15) is 6.61 Å². The van der Waals surface area contributed by atoms with E-state index in [0.29, 0.717) is 46.0 Å². The number of carbonyl (C=O) groups is 2. The molecule has 9 heteroatoms. The number of esters is 1. The lowest BCUT2D eigenvalue weighted by Gasteiger charge is -2.15. The van der Waals surface area contributed by atoms with Gasteiger partial charge in [0.15, 0.2) is 16.7 Å². The Kier molecular flexibility index (Phi) is 8.91. The molecule has 3 aromatic rings. The van der Waals surface area contributed by atoms with Crippen molar-refractivity contribution in [3.05, 3.63) is 92.3 Å². The molecule has 7 nitrogen and oxygen atoms in total. The number of hydrogen-bond donors (Lipinski definition) is 0. The Labute approximate surface area is 234 Å². The lowest BCUT2D eigenvalue weighted by Crippen LogP contribution is -2.23. The first-order valence-corrected chi connectivity index (χ1v) is 13.5. The number of benzene rings is 3. The molecule has 0 aliphatic carbocycles. The Morgan fingerprint density at radius 1 is 1.11 bits per heavy atom. The number of aryl methyl sites for hydroxylation is 1. The van der Waals surface area contributed by atoms with Gasteiger partial charge in [-0.2, -0.15) is 0 Å². The van der Waals surface area contributed by atoms with Gasteiger partial charge in [0.25, 0.3) is 5.91 Å². The first kappa shape index (κ1) is 27.5. The van der Waals surface area contributed by atoms with Crippen molar-refractivity contribution in [1.82, 2.24) is 4.90 Å². The van der Waals surface area contributed by atoms with Crippen LogP contribution in [0.5, 0.6) is 11.5 Å². The van der Waals surface area contributed by atoms with E-state index in [4.69, 9.17) is 14.2 Å². The molecule has 4 rings (SSSR count). The monoisotopic (exact) mass is 594 g/mol. The quantitative estimate of drug-likeness (QED) is 0.212. The summed E-state index contributed by atoms with van der Waals surface area (Å²) in [5.74, 6) is 0.563.